The molecule has 3 rings (SSSR count). The number of hydrogen-bond acceptors (Lipinski definition) is 4. The molecule has 2 aromatic rings. The molecule has 1 atom stereocenters. The van der Waals surface area contributed by atoms with Gasteiger partial charge in [0.15, 0.2) is 0 Å². The van der Waals surface area contributed by atoms with Gasteiger partial charge in [0.2, 0.25) is 15.9 Å². The molecule has 1 N–H and O–H groups in total. The van der Waals surface area contributed by atoms with Gasteiger partial charge in [-0.05, 0) is 75.1 Å². The second-order valence-corrected chi connectivity index (χ2v) is 10.7. The Morgan fingerprint density at radius 1 is 1.23 bits per heavy atom. The number of carbonyl (C=O) groups excluding carboxylic acids is 1. The Morgan fingerprint density at radius 2 is 1.94 bits per heavy atom. The van der Waals surface area contributed by atoms with E-state index in [-0.39, 0.29) is 22.8 Å². The van der Waals surface area contributed by atoms with Crippen LogP contribution in [0.2, 0.25) is 0 Å². The van der Waals surface area contributed by atoms with Gasteiger partial charge in [0.25, 0.3) is 0 Å². The minimum absolute atomic E-state index is 0.0264. The lowest BCUT2D eigenvalue weighted by Gasteiger charge is -2.31. The van der Waals surface area contributed by atoms with E-state index in [1.165, 1.54) is 4.31 Å². The van der Waals surface area contributed by atoms with E-state index in [0.717, 1.165) is 15.6 Å². The molecule has 1 heterocycles. The summed E-state index contributed by atoms with van der Waals surface area (Å²) in [6.07, 6.45) is 1.01. The molecule has 0 radical (unpaired) electrons. The summed E-state index contributed by atoms with van der Waals surface area (Å²) in [5.74, 6) is 0.473. The van der Waals surface area contributed by atoms with E-state index in [2.05, 4.69) is 21.2 Å². The van der Waals surface area contributed by atoms with E-state index < -0.39 is 10.0 Å². The first kappa shape index (κ1) is 23.8. The van der Waals surface area contributed by atoms with Crippen LogP contribution in [-0.4, -0.2) is 38.3 Å². The summed E-state index contributed by atoms with van der Waals surface area (Å²) in [7, 11) is -3.60. The van der Waals surface area contributed by atoms with Crippen molar-refractivity contribution in [1.82, 2.24) is 9.62 Å². The first-order chi connectivity index (χ1) is 14.7. The van der Waals surface area contributed by atoms with Crippen LogP contribution in [0, 0.1) is 12.8 Å². The third kappa shape index (κ3) is 5.67. The monoisotopic (exact) mass is 508 g/mol. The van der Waals surface area contributed by atoms with E-state index in [1.54, 1.807) is 18.2 Å². The Balaban J connectivity index is 1.60. The highest BCUT2D eigenvalue weighted by Crippen LogP contribution is 2.28. The van der Waals surface area contributed by atoms with Gasteiger partial charge in [-0.2, -0.15) is 4.31 Å². The molecule has 0 unspecified atom stereocenters. The number of hydrogen-bond donors (Lipinski definition) is 1. The first-order valence-corrected chi connectivity index (χ1v) is 12.7. The maximum absolute atomic E-state index is 13.1. The van der Waals surface area contributed by atoms with Gasteiger partial charge in [-0.25, -0.2) is 8.42 Å². The molecule has 2 aromatic carbocycles. The molecule has 1 aliphatic heterocycles. The Bertz CT molecular complexity index is 1030. The van der Waals surface area contributed by atoms with Crippen molar-refractivity contribution in [3.05, 3.63) is 58.1 Å². The number of amides is 1. The van der Waals surface area contributed by atoms with Crippen LogP contribution in [0.5, 0.6) is 5.75 Å². The van der Waals surface area contributed by atoms with E-state index in [4.69, 9.17) is 4.74 Å². The van der Waals surface area contributed by atoms with Crippen molar-refractivity contribution in [2.45, 2.75) is 44.6 Å². The van der Waals surface area contributed by atoms with E-state index in [9.17, 15) is 13.2 Å². The Kier molecular flexibility index (Phi) is 7.78. The van der Waals surface area contributed by atoms with Crippen LogP contribution in [0.3, 0.4) is 0 Å². The largest absolute Gasteiger partial charge is 0.494 e. The normalized spacial score (nSPS) is 16.6. The van der Waals surface area contributed by atoms with Crippen LogP contribution in [0.15, 0.2) is 51.8 Å². The fourth-order valence-corrected chi connectivity index (χ4v) is 5.77. The van der Waals surface area contributed by atoms with Gasteiger partial charge < -0.3 is 10.1 Å². The molecule has 1 amide bonds. The van der Waals surface area contributed by atoms with Crippen LogP contribution in [-0.2, 0) is 14.8 Å². The fraction of sp³-hybridized carbons (Fsp3) is 0.435. The predicted octanol–water partition coefficient (Wildman–Crippen LogP) is 4.43. The molecule has 0 saturated carbocycles. The van der Waals surface area contributed by atoms with E-state index in [1.807, 2.05) is 45.0 Å². The summed E-state index contributed by atoms with van der Waals surface area (Å²) < 4.78 is 34.1. The second kappa shape index (κ2) is 10.1. The summed E-state index contributed by atoms with van der Waals surface area (Å²) in [5.41, 5.74) is 1.81. The number of aryl methyl sites for hydroxylation is 1. The van der Waals surface area contributed by atoms with Crippen molar-refractivity contribution in [1.29, 1.82) is 0 Å². The lowest BCUT2D eigenvalue weighted by molar-refractivity contribution is -0.126. The highest BCUT2D eigenvalue weighted by molar-refractivity contribution is 9.10. The van der Waals surface area contributed by atoms with Crippen LogP contribution >= 0.6 is 15.9 Å². The average molecular weight is 509 g/mol. The van der Waals surface area contributed by atoms with Gasteiger partial charge in [0.1, 0.15) is 5.75 Å². The number of halogens is 1. The number of ether oxygens (including phenoxy) is 1. The molecule has 6 nitrogen and oxygen atoms in total. The van der Waals surface area contributed by atoms with Gasteiger partial charge in [0.05, 0.1) is 17.5 Å². The number of nitrogens with one attached hydrogen (secondary N) is 1. The number of piperidine rings is 1. The molecule has 1 fully saturated rings. The van der Waals surface area contributed by atoms with Crippen LogP contribution < -0.4 is 10.1 Å². The maximum Gasteiger partial charge on any atom is 0.243 e. The van der Waals surface area contributed by atoms with Gasteiger partial charge >= 0.3 is 0 Å². The highest BCUT2D eigenvalue weighted by Gasteiger charge is 2.32. The maximum atomic E-state index is 13.1. The molecule has 31 heavy (non-hydrogen) atoms. The standard InChI is InChI=1S/C23H29BrN2O4S/c1-4-30-22-9-8-21(14-16(22)2)31(28,29)26-12-10-18(11-13-26)23(27)25-17(3)19-6-5-7-20(24)15-19/h5-9,14-15,17-18H,4,10-13H2,1-3H3,(H,25,27)/t17-/m1/s1. The quantitative estimate of drug-likeness (QED) is 0.599. The smallest absolute Gasteiger partial charge is 0.243 e. The van der Waals surface area contributed by atoms with Crippen LogP contribution in [0.25, 0.3) is 0 Å². The summed E-state index contributed by atoms with van der Waals surface area (Å²) >= 11 is 3.45. The first-order valence-electron chi connectivity index (χ1n) is 10.5. The van der Waals surface area contributed by atoms with Gasteiger partial charge in [-0.15, -0.1) is 0 Å². The molecule has 1 aliphatic rings. The highest BCUT2D eigenvalue weighted by atomic mass is 79.9. The zero-order chi connectivity index (χ0) is 22.6. The number of sulfonamides is 1. The molecular formula is C23H29BrN2O4S. The topological polar surface area (TPSA) is 75.7 Å². The third-order valence-corrected chi connectivity index (χ3v) is 8.00. The Hall–Kier alpha value is -1.90. The lowest BCUT2D eigenvalue weighted by atomic mass is 9.96. The number of benzene rings is 2. The molecule has 0 bridgehead atoms. The minimum Gasteiger partial charge on any atom is -0.494 e. The van der Waals surface area contributed by atoms with Crippen molar-refractivity contribution < 1.29 is 17.9 Å². The Morgan fingerprint density at radius 3 is 2.55 bits per heavy atom. The fourth-order valence-electron chi connectivity index (χ4n) is 3.80. The van der Waals surface area contributed by atoms with Gasteiger partial charge in [-0.3, -0.25) is 4.79 Å². The Labute approximate surface area is 193 Å². The molecule has 0 spiro atoms. The minimum atomic E-state index is -3.60. The number of carbonyl (C=O) groups is 1. The lowest BCUT2D eigenvalue weighted by Crippen LogP contribution is -2.43. The van der Waals surface area contributed by atoms with Gasteiger partial charge in [-0.1, -0.05) is 28.1 Å². The summed E-state index contributed by atoms with van der Waals surface area (Å²) in [6.45, 7) is 6.88. The van der Waals surface area contributed by atoms with Crippen molar-refractivity contribution in [2.24, 2.45) is 5.92 Å². The molecule has 8 heteroatoms. The van der Waals surface area contributed by atoms with Crippen LogP contribution in [0.1, 0.15) is 43.9 Å². The zero-order valence-corrected chi connectivity index (χ0v) is 20.5. The van der Waals surface area contributed by atoms with Crippen molar-refractivity contribution in [2.75, 3.05) is 19.7 Å². The molecular weight excluding hydrogens is 480 g/mol. The van der Waals surface area contributed by atoms with Crippen molar-refractivity contribution in [3.63, 3.8) is 0 Å². The second-order valence-electron chi connectivity index (χ2n) is 7.82. The van der Waals surface area contributed by atoms with Crippen molar-refractivity contribution in [3.8, 4) is 5.75 Å². The summed E-state index contributed by atoms with van der Waals surface area (Å²) in [6, 6.07) is 12.7. The predicted molar refractivity (Wildman–Crippen MR) is 125 cm³/mol. The summed E-state index contributed by atoms with van der Waals surface area (Å²) in [4.78, 5) is 13.0. The molecule has 0 aliphatic carbocycles. The third-order valence-electron chi connectivity index (χ3n) is 5.62. The molecule has 168 valence electrons. The average Bonchev–Trinajstić information content (AvgIpc) is 2.75. The van der Waals surface area contributed by atoms with E-state index in [0.29, 0.717) is 38.3 Å². The van der Waals surface area contributed by atoms with Gasteiger partial charge in [0, 0.05) is 23.5 Å². The summed E-state index contributed by atoms with van der Waals surface area (Å²) in [5, 5.41) is 3.06. The molecule has 0 aromatic heterocycles. The van der Waals surface area contributed by atoms with Crippen molar-refractivity contribution >= 4 is 31.9 Å². The SMILES string of the molecule is CCOc1ccc(S(=O)(=O)N2CCC(C(=O)N[C@H](C)c3cccc(Br)c3)CC2)cc1C. The molecule has 1 saturated heterocycles. The van der Waals surface area contributed by atoms with E-state index >= 15 is 0 Å². The zero-order valence-electron chi connectivity index (χ0n) is 18.1. The number of rotatable bonds is 7. The van der Waals surface area contributed by atoms with Crippen LogP contribution in [0.4, 0.5) is 0 Å². The number of nitrogens with zero attached hydrogens (tertiary/aromatic N) is 1.